The van der Waals surface area contributed by atoms with E-state index in [1.54, 1.807) is 21.0 Å². The summed E-state index contributed by atoms with van der Waals surface area (Å²) in [6, 6.07) is 0. The fourth-order valence-electron chi connectivity index (χ4n) is 2.95. The van der Waals surface area contributed by atoms with E-state index >= 15 is 0 Å². The van der Waals surface area contributed by atoms with E-state index in [0.29, 0.717) is 21.4 Å². The number of nitrogens with one attached hydrogen (secondary N) is 1. The Kier molecular flexibility index (Phi) is 6.77. The first-order chi connectivity index (χ1) is 12.2. The smallest absolute Gasteiger partial charge is 0.341 e. The first kappa shape index (κ1) is 20.4. The molecule has 1 saturated heterocycles. The monoisotopic (exact) mass is 381 g/mol. The fourth-order valence-corrected chi connectivity index (χ4v) is 4.18. The number of esters is 1. The van der Waals surface area contributed by atoms with Gasteiger partial charge in [0.25, 0.3) is 5.91 Å². The van der Waals surface area contributed by atoms with Gasteiger partial charge in [-0.3, -0.25) is 14.5 Å². The van der Waals surface area contributed by atoms with E-state index < -0.39 is 5.97 Å². The van der Waals surface area contributed by atoms with Gasteiger partial charge in [-0.1, -0.05) is 6.92 Å². The molecule has 1 fully saturated rings. The lowest BCUT2D eigenvalue weighted by Gasteiger charge is -2.29. The van der Waals surface area contributed by atoms with Crippen LogP contribution in [0.15, 0.2) is 0 Å². The summed E-state index contributed by atoms with van der Waals surface area (Å²) in [5, 5.41) is 3.18. The molecule has 0 unspecified atom stereocenters. The van der Waals surface area contributed by atoms with Crippen molar-refractivity contribution in [1.29, 1.82) is 0 Å². The quantitative estimate of drug-likeness (QED) is 0.791. The van der Waals surface area contributed by atoms with Crippen molar-refractivity contribution in [3.05, 3.63) is 16.0 Å². The van der Waals surface area contributed by atoms with E-state index in [4.69, 9.17) is 4.74 Å². The predicted molar refractivity (Wildman–Crippen MR) is 102 cm³/mol. The van der Waals surface area contributed by atoms with Crippen LogP contribution >= 0.6 is 11.3 Å². The molecule has 0 aromatic carbocycles. The zero-order valence-electron chi connectivity index (χ0n) is 16.0. The summed E-state index contributed by atoms with van der Waals surface area (Å²) in [5.41, 5.74) is 0.783. The summed E-state index contributed by atoms with van der Waals surface area (Å²) >= 11 is 1.11. The summed E-state index contributed by atoms with van der Waals surface area (Å²) in [5.74, 6) is -0.253. The Hall–Kier alpha value is -1.93. The Balaban J connectivity index is 2.19. The van der Waals surface area contributed by atoms with Gasteiger partial charge in [0.15, 0.2) is 0 Å². The van der Waals surface area contributed by atoms with Crippen molar-refractivity contribution in [1.82, 2.24) is 9.80 Å². The predicted octanol–water partition coefficient (Wildman–Crippen LogP) is 2.22. The number of hydrogen-bond donors (Lipinski definition) is 1. The van der Waals surface area contributed by atoms with Gasteiger partial charge in [0.1, 0.15) is 5.00 Å². The Morgan fingerprint density at radius 1 is 1.27 bits per heavy atom. The average molecular weight is 381 g/mol. The van der Waals surface area contributed by atoms with Gasteiger partial charge in [-0.2, -0.15) is 0 Å². The normalized spacial score (nSPS) is 15.6. The maximum atomic E-state index is 12.5. The van der Waals surface area contributed by atoms with Crippen LogP contribution in [0.2, 0.25) is 0 Å². The molecule has 0 saturated carbocycles. The van der Waals surface area contributed by atoms with Gasteiger partial charge in [0.05, 0.1) is 24.1 Å². The molecule has 2 rings (SSSR count). The van der Waals surface area contributed by atoms with Crippen LogP contribution in [0.5, 0.6) is 0 Å². The summed E-state index contributed by atoms with van der Waals surface area (Å²) in [7, 11) is 4.58. The molecule has 7 nitrogen and oxygen atoms in total. The van der Waals surface area contributed by atoms with Gasteiger partial charge >= 0.3 is 5.97 Å². The SMILES string of the molecule is COC(=O)c1c(NC(=O)CN2CCC(C)CC2)sc(C(=O)N(C)C)c1C. The number of hydrogen-bond acceptors (Lipinski definition) is 6. The molecule has 1 aromatic heterocycles. The van der Waals surface area contributed by atoms with Crippen molar-refractivity contribution in [2.24, 2.45) is 5.92 Å². The van der Waals surface area contributed by atoms with Gasteiger partial charge in [0, 0.05) is 14.1 Å². The van der Waals surface area contributed by atoms with E-state index in [1.165, 1.54) is 12.0 Å². The van der Waals surface area contributed by atoms with Crippen molar-refractivity contribution >= 4 is 34.1 Å². The molecule has 1 aliphatic heterocycles. The lowest BCUT2D eigenvalue weighted by Crippen LogP contribution is -2.38. The number of nitrogens with zero attached hydrogens (tertiary/aromatic N) is 2. The minimum atomic E-state index is -0.557. The number of likely N-dealkylation sites (tertiary alicyclic amines) is 1. The van der Waals surface area contributed by atoms with Crippen LogP contribution in [0.1, 0.15) is 45.4 Å². The zero-order valence-corrected chi connectivity index (χ0v) is 16.9. The minimum Gasteiger partial charge on any atom is -0.465 e. The molecule has 0 spiro atoms. The first-order valence-electron chi connectivity index (χ1n) is 8.70. The lowest BCUT2D eigenvalue weighted by atomic mass is 9.99. The number of ether oxygens (including phenoxy) is 1. The molecule has 144 valence electrons. The van der Waals surface area contributed by atoms with E-state index in [9.17, 15) is 14.4 Å². The van der Waals surface area contributed by atoms with Crippen LogP contribution < -0.4 is 5.32 Å². The molecule has 2 amide bonds. The maximum Gasteiger partial charge on any atom is 0.341 e. The largest absolute Gasteiger partial charge is 0.465 e. The molecule has 0 bridgehead atoms. The highest BCUT2D eigenvalue weighted by Gasteiger charge is 2.27. The Labute approximate surface area is 158 Å². The summed E-state index contributed by atoms with van der Waals surface area (Å²) in [6.45, 7) is 5.98. The first-order valence-corrected chi connectivity index (χ1v) is 9.51. The van der Waals surface area contributed by atoms with Gasteiger partial charge < -0.3 is 15.0 Å². The number of amides is 2. The molecular formula is C18H27N3O4S. The van der Waals surface area contributed by atoms with Crippen LogP contribution in [0.4, 0.5) is 5.00 Å². The van der Waals surface area contributed by atoms with Crippen molar-refractivity contribution < 1.29 is 19.1 Å². The number of thiophene rings is 1. The van der Waals surface area contributed by atoms with Crippen LogP contribution in [0.25, 0.3) is 0 Å². The number of carbonyl (C=O) groups is 3. The van der Waals surface area contributed by atoms with Crippen molar-refractivity contribution in [3.8, 4) is 0 Å². The Morgan fingerprint density at radius 3 is 2.42 bits per heavy atom. The summed E-state index contributed by atoms with van der Waals surface area (Å²) in [4.78, 5) is 40.9. The second-order valence-corrected chi connectivity index (χ2v) is 7.98. The third-order valence-corrected chi connectivity index (χ3v) is 5.83. The standard InChI is InChI=1S/C18H27N3O4S/c1-11-6-8-21(9-7-11)10-13(22)19-16-14(18(24)25-5)12(2)15(26-16)17(23)20(3)4/h11H,6-10H2,1-5H3,(H,19,22). The van der Waals surface area contributed by atoms with Gasteiger partial charge in [-0.15, -0.1) is 11.3 Å². The topological polar surface area (TPSA) is 79.0 Å². The lowest BCUT2D eigenvalue weighted by molar-refractivity contribution is -0.117. The van der Waals surface area contributed by atoms with Gasteiger partial charge in [-0.25, -0.2) is 4.79 Å². The number of anilines is 1. The maximum absolute atomic E-state index is 12.5. The molecule has 0 aliphatic carbocycles. The highest BCUT2D eigenvalue weighted by molar-refractivity contribution is 7.18. The molecule has 26 heavy (non-hydrogen) atoms. The van der Waals surface area contributed by atoms with E-state index in [2.05, 4.69) is 17.1 Å². The Bertz CT molecular complexity index is 691. The average Bonchev–Trinajstić information content (AvgIpc) is 2.91. The highest BCUT2D eigenvalue weighted by atomic mass is 32.1. The third kappa shape index (κ3) is 4.62. The van der Waals surface area contributed by atoms with Gasteiger partial charge in [-0.05, 0) is 44.3 Å². The second kappa shape index (κ2) is 8.64. The van der Waals surface area contributed by atoms with Crippen LogP contribution in [0, 0.1) is 12.8 Å². The van der Waals surface area contributed by atoms with Crippen LogP contribution in [-0.4, -0.2) is 68.4 Å². The molecule has 0 atom stereocenters. The van der Waals surface area contributed by atoms with Crippen molar-refractivity contribution in [2.75, 3.05) is 46.2 Å². The Morgan fingerprint density at radius 2 is 1.88 bits per heavy atom. The van der Waals surface area contributed by atoms with E-state index in [1.807, 2.05) is 0 Å². The molecule has 1 N–H and O–H groups in total. The number of piperidine rings is 1. The number of methoxy groups -OCH3 is 1. The summed E-state index contributed by atoms with van der Waals surface area (Å²) < 4.78 is 4.84. The molecular weight excluding hydrogens is 354 g/mol. The highest BCUT2D eigenvalue weighted by Crippen LogP contribution is 2.34. The number of carbonyl (C=O) groups excluding carboxylic acids is 3. The summed E-state index contributed by atoms with van der Waals surface area (Å²) in [6.07, 6.45) is 2.17. The zero-order chi connectivity index (χ0) is 19.4. The van der Waals surface area contributed by atoms with Crippen LogP contribution in [0.3, 0.4) is 0 Å². The molecule has 1 aliphatic rings. The van der Waals surface area contributed by atoms with E-state index in [-0.39, 0.29) is 23.9 Å². The van der Waals surface area contributed by atoms with Crippen molar-refractivity contribution in [2.45, 2.75) is 26.7 Å². The fraction of sp³-hybridized carbons (Fsp3) is 0.611. The minimum absolute atomic E-state index is 0.185. The third-order valence-electron chi connectivity index (χ3n) is 4.63. The molecule has 1 aromatic rings. The van der Waals surface area contributed by atoms with Gasteiger partial charge in [0.2, 0.25) is 5.91 Å². The number of rotatable bonds is 5. The van der Waals surface area contributed by atoms with Crippen molar-refractivity contribution in [3.63, 3.8) is 0 Å². The van der Waals surface area contributed by atoms with Crippen LogP contribution in [-0.2, 0) is 9.53 Å². The molecule has 0 radical (unpaired) electrons. The van der Waals surface area contributed by atoms with E-state index in [0.717, 1.165) is 37.3 Å². The molecule has 2 heterocycles. The molecule has 8 heteroatoms. The second-order valence-electron chi connectivity index (χ2n) is 6.96.